The van der Waals surface area contributed by atoms with Crippen LogP contribution in [-0.2, 0) is 0 Å². The van der Waals surface area contributed by atoms with Crippen LogP contribution in [0.5, 0.6) is 0 Å². The first kappa shape index (κ1) is 8.82. The van der Waals surface area contributed by atoms with E-state index in [0.717, 1.165) is 19.5 Å². The lowest BCUT2D eigenvalue weighted by Crippen LogP contribution is -2.38. The Bertz CT molecular complexity index is 244. The predicted octanol–water partition coefficient (Wildman–Crippen LogP) is 1.53. The Balaban J connectivity index is 2.21. The molecule has 2 aliphatic rings. The normalized spacial score (nSPS) is 32.8. The van der Waals surface area contributed by atoms with Gasteiger partial charge in [-0.3, -0.25) is 0 Å². The first-order valence-electron chi connectivity index (χ1n) is 5.14. The molecule has 0 aromatic carbocycles. The standard InChI is InChI=1S/C11H17NO/c1-2-12-8-4-5-9-10(12)6-3-7-11(9)13/h3,6-7,9,11,13H,2,4-5,8H2,1H3. The maximum Gasteiger partial charge on any atom is 0.0806 e. The van der Waals surface area contributed by atoms with E-state index in [9.17, 15) is 5.11 Å². The number of nitrogens with zero attached hydrogens (tertiary/aromatic N) is 1. The molecule has 2 nitrogen and oxygen atoms in total. The van der Waals surface area contributed by atoms with E-state index in [0.29, 0.717) is 5.92 Å². The zero-order valence-corrected chi connectivity index (χ0v) is 8.11. The molecule has 1 aliphatic carbocycles. The summed E-state index contributed by atoms with van der Waals surface area (Å²) < 4.78 is 0. The number of piperidine rings is 1. The molecule has 0 spiro atoms. The lowest BCUT2D eigenvalue weighted by atomic mass is 9.86. The molecule has 2 unspecified atom stereocenters. The maximum absolute atomic E-state index is 9.76. The van der Waals surface area contributed by atoms with Gasteiger partial charge in [-0.1, -0.05) is 12.2 Å². The molecule has 1 saturated heterocycles. The Morgan fingerprint density at radius 3 is 3.23 bits per heavy atom. The summed E-state index contributed by atoms with van der Waals surface area (Å²) in [5.74, 6) is 0.360. The van der Waals surface area contributed by atoms with Crippen molar-refractivity contribution in [1.82, 2.24) is 4.90 Å². The third-order valence-electron chi connectivity index (χ3n) is 3.06. The van der Waals surface area contributed by atoms with Crippen molar-refractivity contribution in [2.45, 2.75) is 25.9 Å². The Kier molecular flexibility index (Phi) is 2.40. The second kappa shape index (κ2) is 3.54. The van der Waals surface area contributed by atoms with E-state index < -0.39 is 0 Å². The van der Waals surface area contributed by atoms with Crippen LogP contribution in [0.1, 0.15) is 19.8 Å². The van der Waals surface area contributed by atoms with Gasteiger partial charge in [-0.15, -0.1) is 0 Å². The molecule has 0 aromatic rings. The number of rotatable bonds is 1. The Morgan fingerprint density at radius 2 is 2.46 bits per heavy atom. The second-order valence-corrected chi connectivity index (χ2v) is 3.80. The molecule has 0 radical (unpaired) electrons. The summed E-state index contributed by atoms with van der Waals surface area (Å²) in [6.07, 6.45) is 8.11. The largest absolute Gasteiger partial charge is 0.388 e. The Morgan fingerprint density at radius 1 is 1.62 bits per heavy atom. The molecule has 0 aromatic heterocycles. The minimum absolute atomic E-state index is 0.255. The van der Waals surface area contributed by atoms with Crippen LogP contribution in [0.3, 0.4) is 0 Å². The van der Waals surface area contributed by atoms with Gasteiger partial charge >= 0.3 is 0 Å². The summed E-state index contributed by atoms with van der Waals surface area (Å²) in [5.41, 5.74) is 1.34. The van der Waals surface area contributed by atoms with Gasteiger partial charge in [0.05, 0.1) is 6.10 Å². The molecule has 2 rings (SSSR count). The second-order valence-electron chi connectivity index (χ2n) is 3.80. The molecule has 1 heterocycles. The van der Waals surface area contributed by atoms with Gasteiger partial charge in [0.25, 0.3) is 0 Å². The number of likely N-dealkylation sites (tertiary alicyclic amines) is 1. The summed E-state index contributed by atoms with van der Waals surface area (Å²) >= 11 is 0. The van der Waals surface area contributed by atoms with Crippen molar-refractivity contribution in [3.05, 3.63) is 23.9 Å². The van der Waals surface area contributed by atoms with Crippen molar-refractivity contribution >= 4 is 0 Å². The molecular formula is C11H17NO. The highest BCUT2D eigenvalue weighted by molar-refractivity contribution is 5.24. The van der Waals surface area contributed by atoms with Gasteiger partial charge < -0.3 is 10.0 Å². The molecule has 2 heteroatoms. The van der Waals surface area contributed by atoms with Crippen LogP contribution in [0.25, 0.3) is 0 Å². The third-order valence-corrected chi connectivity index (χ3v) is 3.06. The topological polar surface area (TPSA) is 23.5 Å². The molecule has 1 fully saturated rings. The molecule has 0 bridgehead atoms. The van der Waals surface area contributed by atoms with Gasteiger partial charge in [0, 0.05) is 24.7 Å². The van der Waals surface area contributed by atoms with Crippen molar-refractivity contribution in [3.8, 4) is 0 Å². The van der Waals surface area contributed by atoms with Gasteiger partial charge in [-0.05, 0) is 25.8 Å². The fourth-order valence-corrected chi connectivity index (χ4v) is 2.33. The zero-order chi connectivity index (χ0) is 9.26. The van der Waals surface area contributed by atoms with E-state index in [4.69, 9.17) is 0 Å². The highest BCUT2D eigenvalue weighted by Crippen LogP contribution is 2.32. The number of aliphatic hydroxyl groups excluding tert-OH is 1. The average Bonchev–Trinajstić information content (AvgIpc) is 2.18. The fourth-order valence-electron chi connectivity index (χ4n) is 2.33. The van der Waals surface area contributed by atoms with Gasteiger partial charge in [0.2, 0.25) is 0 Å². The summed E-state index contributed by atoms with van der Waals surface area (Å²) in [6.45, 7) is 4.39. The molecule has 0 amide bonds. The van der Waals surface area contributed by atoms with Gasteiger partial charge in [-0.2, -0.15) is 0 Å². The SMILES string of the molecule is CCN1CCCC2C1=CC=CC2O. The van der Waals surface area contributed by atoms with E-state index in [1.54, 1.807) is 0 Å². The van der Waals surface area contributed by atoms with Crippen LogP contribution >= 0.6 is 0 Å². The Labute approximate surface area is 79.6 Å². The molecule has 1 N–H and O–H groups in total. The molecule has 72 valence electrons. The average molecular weight is 179 g/mol. The van der Waals surface area contributed by atoms with E-state index in [-0.39, 0.29) is 6.10 Å². The highest BCUT2D eigenvalue weighted by atomic mass is 16.3. The monoisotopic (exact) mass is 179 g/mol. The zero-order valence-electron chi connectivity index (χ0n) is 8.11. The minimum Gasteiger partial charge on any atom is -0.388 e. The van der Waals surface area contributed by atoms with Crippen LogP contribution in [0.4, 0.5) is 0 Å². The minimum atomic E-state index is -0.255. The van der Waals surface area contributed by atoms with Crippen LogP contribution in [0.2, 0.25) is 0 Å². The maximum atomic E-state index is 9.76. The van der Waals surface area contributed by atoms with Crippen LogP contribution in [0.15, 0.2) is 23.9 Å². The molecular weight excluding hydrogens is 162 g/mol. The molecule has 0 saturated carbocycles. The van der Waals surface area contributed by atoms with Crippen molar-refractivity contribution in [2.24, 2.45) is 5.92 Å². The lowest BCUT2D eigenvalue weighted by molar-refractivity contribution is 0.117. The third kappa shape index (κ3) is 1.51. The summed E-state index contributed by atoms with van der Waals surface area (Å²) in [7, 11) is 0. The number of hydrogen-bond acceptors (Lipinski definition) is 2. The summed E-state index contributed by atoms with van der Waals surface area (Å²) in [4.78, 5) is 2.38. The summed E-state index contributed by atoms with van der Waals surface area (Å²) in [6, 6.07) is 0. The van der Waals surface area contributed by atoms with Gasteiger partial charge in [0.1, 0.15) is 0 Å². The molecule has 1 aliphatic heterocycles. The summed E-state index contributed by atoms with van der Waals surface area (Å²) in [5, 5.41) is 9.76. The van der Waals surface area contributed by atoms with Crippen molar-refractivity contribution in [3.63, 3.8) is 0 Å². The van der Waals surface area contributed by atoms with Crippen LogP contribution in [0, 0.1) is 5.92 Å². The van der Waals surface area contributed by atoms with Gasteiger partial charge in [0.15, 0.2) is 0 Å². The highest BCUT2D eigenvalue weighted by Gasteiger charge is 2.29. The molecule has 13 heavy (non-hydrogen) atoms. The smallest absolute Gasteiger partial charge is 0.0806 e. The van der Waals surface area contributed by atoms with Crippen molar-refractivity contribution in [1.29, 1.82) is 0 Å². The fraction of sp³-hybridized carbons (Fsp3) is 0.636. The quantitative estimate of drug-likeness (QED) is 0.660. The van der Waals surface area contributed by atoms with E-state index in [1.807, 2.05) is 12.2 Å². The number of aliphatic hydroxyl groups is 1. The number of hydrogen-bond donors (Lipinski definition) is 1. The first-order valence-corrected chi connectivity index (χ1v) is 5.14. The van der Waals surface area contributed by atoms with E-state index >= 15 is 0 Å². The Hall–Kier alpha value is -0.760. The predicted molar refractivity (Wildman–Crippen MR) is 53.2 cm³/mol. The molecule has 2 atom stereocenters. The van der Waals surface area contributed by atoms with Gasteiger partial charge in [-0.25, -0.2) is 0 Å². The van der Waals surface area contributed by atoms with Crippen LogP contribution < -0.4 is 0 Å². The number of fused-ring (bicyclic) bond motifs is 1. The van der Waals surface area contributed by atoms with Crippen molar-refractivity contribution in [2.75, 3.05) is 13.1 Å². The number of allylic oxidation sites excluding steroid dienone is 2. The van der Waals surface area contributed by atoms with Crippen molar-refractivity contribution < 1.29 is 5.11 Å². The lowest BCUT2D eigenvalue weighted by Gasteiger charge is -2.39. The van der Waals surface area contributed by atoms with E-state index in [1.165, 1.54) is 12.1 Å². The first-order chi connectivity index (χ1) is 6.33. The van der Waals surface area contributed by atoms with Crippen LogP contribution in [-0.4, -0.2) is 29.2 Å². The van der Waals surface area contributed by atoms with E-state index in [2.05, 4.69) is 17.9 Å².